The molecule has 1 aromatic carbocycles. The van der Waals surface area contributed by atoms with Gasteiger partial charge in [0.1, 0.15) is 0 Å². The molecule has 4 nitrogen and oxygen atoms in total. The number of rotatable bonds is 10. The number of aliphatic hydroxyl groups excluding tert-OH is 1. The molecule has 0 saturated carbocycles. The summed E-state index contributed by atoms with van der Waals surface area (Å²) >= 11 is 0. The van der Waals surface area contributed by atoms with E-state index in [9.17, 15) is 9.90 Å². The summed E-state index contributed by atoms with van der Waals surface area (Å²) in [6, 6.07) is 8.53. The molecule has 154 valence electrons. The molecule has 1 unspecified atom stereocenters. The molecule has 4 heteroatoms. The molecule has 1 atom stereocenters. The highest BCUT2D eigenvalue weighted by atomic mass is 16.3. The largest absolute Gasteiger partial charge is 0.394 e. The topological polar surface area (TPSA) is 68.2 Å². The molecule has 2 rings (SSSR count). The second-order valence-electron chi connectivity index (χ2n) is 8.29. The van der Waals surface area contributed by atoms with E-state index >= 15 is 0 Å². The average Bonchev–Trinajstić information content (AvgIpc) is 2.96. The third-order valence-corrected chi connectivity index (χ3v) is 6.18. The second kappa shape index (κ2) is 9.53. The fraction of sp³-hybridized carbons (Fsp3) is 0.542. The van der Waals surface area contributed by atoms with E-state index in [0.717, 1.165) is 42.6 Å². The second-order valence-corrected chi connectivity index (χ2v) is 8.29. The predicted molar refractivity (Wildman–Crippen MR) is 116 cm³/mol. The van der Waals surface area contributed by atoms with Crippen LogP contribution < -0.4 is 5.73 Å². The zero-order valence-corrected chi connectivity index (χ0v) is 18.1. The van der Waals surface area contributed by atoms with Gasteiger partial charge in [-0.25, -0.2) is 0 Å². The molecule has 0 amide bonds. The molecular formula is C24H36N2O2. The number of carbonyl (C=O) groups is 1. The number of ketones is 1. The van der Waals surface area contributed by atoms with Crippen molar-refractivity contribution in [3.63, 3.8) is 0 Å². The SMILES string of the molecule is CCC(N)(CO)CCc1c(C)cc(C(=O)CCCc2ccc(C)c(C)c2)n1C. The van der Waals surface area contributed by atoms with Gasteiger partial charge in [0.15, 0.2) is 5.78 Å². The zero-order valence-electron chi connectivity index (χ0n) is 18.1. The number of aliphatic hydroxyl groups is 1. The van der Waals surface area contributed by atoms with Crippen molar-refractivity contribution < 1.29 is 9.90 Å². The lowest BCUT2D eigenvalue weighted by Crippen LogP contribution is -2.43. The van der Waals surface area contributed by atoms with Gasteiger partial charge in [-0.3, -0.25) is 4.79 Å². The van der Waals surface area contributed by atoms with E-state index in [1.807, 2.05) is 31.5 Å². The Balaban J connectivity index is 1.99. The van der Waals surface area contributed by atoms with Gasteiger partial charge in [-0.15, -0.1) is 0 Å². The predicted octanol–water partition coefficient (Wildman–Crippen LogP) is 4.19. The lowest BCUT2D eigenvalue weighted by molar-refractivity contribution is 0.0972. The Morgan fingerprint density at radius 3 is 2.43 bits per heavy atom. The molecule has 0 spiro atoms. The molecular weight excluding hydrogens is 348 g/mol. The van der Waals surface area contributed by atoms with Crippen LogP contribution in [0.15, 0.2) is 24.3 Å². The Labute approximate surface area is 169 Å². The number of nitrogens with two attached hydrogens (primary N) is 1. The summed E-state index contributed by atoms with van der Waals surface area (Å²) in [6.07, 6.45) is 4.54. The highest BCUT2D eigenvalue weighted by Crippen LogP contribution is 2.22. The lowest BCUT2D eigenvalue weighted by Gasteiger charge is -2.25. The smallest absolute Gasteiger partial charge is 0.179 e. The fourth-order valence-electron chi connectivity index (χ4n) is 3.70. The van der Waals surface area contributed by atoms with Crippen molar-refractivity contribution in [2.24, 2.45) is 12.8 Å². The van der Waals surface area contributed by atoms with Crippen LogP contribution in [0.25, 0.3) is 0 Å². The third kappa shape index (κ3) is 5.33. The summed E-state index contributed by atoms with van der Waals surface area (Å²) in [5, 5.41) is 9.53. The van der Waals surface area contributed by atoms with Crippen LogP contribution >= 0.6 is 0 Å². The molecule has 0 aliphatic carbocycles. The van der Waals surface area contributed by atoms with Gasteiger partial charge in [0.25, 0.3) is 0 Å². The first-order valence-corrected chi connectivity index (χ1v) is 10.3. The van der Waals surface area contributed by atoms with Crippen LogP contribution in [-0.4, -0.2) is 27.6 Å². The molecule has 3 N–H and O–H groups in total. The number of carbonyl (C=O) groups excluding carboxylic acids is 1. The minimum Gasteiger partial charge on any atom is -0.394 e. The third-order valence-electron chi connectivity index (χ3n) is 6.18. The van der Waals surface area contributed by atoms with Gasteiger partial charge in [0, 0.05) is 24.7 Å². The van der Waals surface area contributed by atoms with E-state index in [2.05, 4.69) is 32.0 Å². The molecule has 1 heterocycles. The first-order chi connectivity index (χ1) is 13.2. The van der Waals surface area contributed by atoms with Crippen molar-refractivity contribution in [3.05, 3.63) is 57.9 Å². The Morgan fingerprint density at radius 1 is 1.11 bits per heavy atom. The maximum Gasteiger partial charge on any atom is 0.179 e. The number of aromatic nitrogens is 1. The van der Waals surface area contributed by atoms with Crippen LogP contribution in [0.5, 0.6) is 0 Å². The molecule has 0 saturated heterocycles. The first kappa shape index (κ1) is 22.4. The van der Waals surface area contributed by atoms with Gasteiger partial charge in [-0.1, -0.05) is 25.1 Å². The number of Topliss-reactive ketones (excluding diaryl/α,β-unsaturated/α-hetero) is 1. The highest BCUT2D eigenvalue weighted by Gasteiger charge is 2.23. The van der Waals surface area contributed by atoms with Gasteiger partial charge in [-0.2, -0.15) is 0 Å². The van der Waals surface area contributed by atoms with Crippen LogP contribution in [0.1, 0.15) is 71.0 Å². The van der Waals surface area contributed by atoms with Crippen molar-refractivity contribution in [2.45, 2.75) is 71.8 Å². The van der Waals surface area contributed by atoms with Gasteiger partial charge >= 0.3 is 0 Å². The maximum absolute atomic E-state index is 12.8. The maximum atomic E-state index is 12.8. The van der Waals surface area contributed by atoms with E-state index in [1.54, 1.807) is 0 Å². The molecule has 28 heavy (non-hydrogen) atoms. The van der Waals surface area contributed by atoms with Crippen molar-refractivity contribution >= 4 is 5.78 Å². The van der Waals surface area contributed by atoms with Gasteiger partial charge in [0.2, 0.25) is 0 Å². The Morgan fingerprint density at radius 2 is 1.82 bits per heavy atom. The fourth-order valence-corrected chi connectivity index (χ4v) is 3.70. The Hall–Kier alpha value is -1.91. The van der Waals surface area contributed by atoms with Crippen LogP contribution in [0.3, 0.4) is 0 Å². The van der Waals surface area contributed by atoms with Crippen LogP contribution in [0.2, 0.25) is 0 Å². The summed E-state index contributed by atoms with van der Waals surface area (Å²) in [4.78, 5) is 12.8. The minimum absolute atomic E-state index is 0.0166. The summed E-state index contributed by atoms with van der Waals surface area (Å²) in [5.74, 6) is 0.192. The summed E-state index contributed by atoms with van der Waals surface area (Å²) in [5.41, 5.74) is 12.6. The van der Waals surface area contributed by atoms with Crippen molar-refractivity contribution in [1.29, 1.82) is 0 Å². The molecule has 0 fully saturated rings. The molecule has 1 aromatic heterocycles. The van der Waals surface area contributed by atoms with E-state index in [0.29, 0.717) is 12.8 Å². The molecule has 2 aromatic rings. The average molecular weight is 385 g/mol. The zero-order chi connectivity index (χ0) is 20.9. The standard InChI is InChI=1S/C24H36N2O2/c1-6-24(25,16-27)13-12-21-19(4)15-22(26(21)5)23(28)9-7-8-20-11-10-17(2)18(3)14-20/h10-11,14-15,27H,6-9,12-13,16,25H2,1-5H3. The van der Waals surface area contributed by atoms with E-state index in [4.69, 9.17) is 5.73 Å². The normalized spacial score (nSPS) is 13.5. The van der Waals surface area contributed by atoms with E-state index < -0.39 is 5.54 Å². The number of hydrogen-bond acceptors (Lipinski definition) is 3. The summed E-state index contributed by atoms with van der Waals surface area (Å²) in [6.45, 7) is 8.28. The quantitative estimate of drug-likeness (QED) is 0.604. The lowest BCUT2D eigenvalue weighted by atomic mass is 9.91. The monoisotopic (exact) mass is 384 g/mol. The molecule has 0 aliphatic rings. The Kier molecular flexibility index (Phi) is 7.62. The highest BCUT2D eigenvalue weighted by molar-refractivity contribution is 5.95. The first-order valence-electron chi connectivity index (χ1n) is 10.3. The van der Waals surface area contributed by atoms with Crippen LogP contribution in [0, 0.1) is 20.8 Å². The van der Waals surface area contributed by atoms with Crippen LogP contribution in [-0.2, 0) is 19.9 Å². The number of benzene rings is 1. The van der Waals surface area contributed by atoms with Gasteiger partial charge in [-0.05, 0) is 81.2 Å². The Bertz CT molecular complexity index is 816. The van der Waals surface area contributed by atoms with E-state index in [-0.39, 0.29) is 12.4 Å². The summed E-state index contributed by atoms with van der Waals surface area (Å²) < 4.78 is 2.02. The van der Waals surface area contributed by atoms with E-state index in [1.165, 1.54) is 16.7 Å². The van der Waals surface area contributed by atoms with Crippen molar-refractivity contribution in [1.82, 2.24) is 4.57 Å². The number of hydrogen-bond donors (Lipinski definition) is 2. The molecule has 0 aliphatic heterocycles. The number of aryl methyl sites for hydroxylation is 4. The number of nitrogens with zero attached hydrogens (tertiary/aromatic N) is 1. The molecule has 0 radical (unpaired) electrons. The minimum atomic E-state index is -0.549. The van der Waals surface area contributed by atoms with Crippen LogP contribution in [0.4, 0.5) is 0 Å². The van der Waals surface area contributed by atoms with Gasteiger partial charge < -0.3 is 15.4 Å². The van der Waals surface area contributed by atoms with Crippen molar-refractivity contribution in [3.8, 4) is 0 Å². The van der Waals surface area contributed by atoms with Crippen molar-refractivity contribution in [2.75, 3.05) is 6.61 Å². The molecule has 0 bridgehead atoms. The van der Waals surface area contributed by atoms with Gasteiger partial charge in [0.05, 0.1) is 12.3 Å². The summed E-state index contributed by atoms with van der Waals surface area (Å²) in [7, 11) is 1.96.